The molecular formula is C17H15BrClN3O. The molecule has 2 aromatic rings. The van der Waals surface area contributed by atoms with Crippen molar-refractivity contribution in [3.63, 3.8) is 0 Å². The predicted molar refractivity (Wildman–Crippen MR) is 94.2 cm³/mol. The number of hydrazine groups is 1. The van der Waals surface area contributed by atoms with Crippen LogP contribution in [0.3, 0.4) is 0 Å². The molecule has 2 fully saturated rings. The molecule has 0 aliphatic carbocycles. The second-order valence-electron chi connectivity index (χ2n) is 5.70. The lowest BCUT2D eigenvalue weighted by Gasteiger charge is -2.28. The highest BCUT2D eigenvalue weighted by Crippen LogP contribution is 2.41. The number of nitrogens with zero attached hydrogens (tertiary/aromatic N) is 3. The van der Waals surface area contributed by atoms with Crippen molar-refractivity contribution in [2.24, 2.45) is 0 Å². The van der Waals surface area contributed by atoms with Crippen molar-refractivity contribution in [2.75, 3.05) is 18.0 Å². The molecule has 118 valence electrons. The van der Waals surface area contributed by atoms with Crippen molar-refractivity contribution in [1.29, 1.82) is 0 Å². The van der Waals surface area contributed by atoms with Gasteiger partial charge in [0.25, 0.3) is 0 Å². The van der Waals surface area contributed by atoms with Gasteiger partial charge in [-0.2, -0.15) is 5.01 Å². The first-order valence-electron chi connectivity index (χ1n) is 7.53. The zero-order chi connectivity index (χ0) is 16.0. The van der Waals surface area contributed by atoms with Gasteiger partial charge in [-0.1, -0.05) is 45.7 Å². The number of hydrogen-bond acceptors (Lipinski definition) is 2. The standard InChI is InChI=1S/C17H15BrClN3O/c18-13-7-5-12(6-8-13)16-20-9-2-10-21(20)17(23)22(16)15-4-1-3-14(19)11-15/h1,3-8,11,16H,2,9-10H2/t16-/m1/s1. The third kappa shape index (κ3) is 2.53. The lowest BCUT2D eigenvalue weighted by atomic mass is 10.1. The van der Waals surface area contributed by atoms with Crippen molar-refractivity contribution in [3.8, 4) is 0 Å². The molecule has 0 aromatic heterocycles. The maximum atomic E-state index is 12.9. The fourth-order valence-corrected chi connectivity index (χ4v) is 3.74. The summed E-state index contributed by atoms with van der Waals surface area (Å²) < 4.78 is 1.03. The van der Waals surface area contributed by atoms with Crippen molar-refractivity contribution >= 4 is 39.2 Å². The lowest BCUT2D eigenvalue weighted by Crippen LogP contribution is -2.32. The smallest absolute Gasteiger partial charge is 0.271 e. The van der Waals surface area contributed by atoms with Crippen molar-refractivity contribution < 1.29 is 4.79 Å². The molecule has 2 saturated heterocycles. The van der Waals surface area contributed by atoms with Crippen LogP contribution in [0.25, 0.3) is 0 Å². The summed E-state index contributed by atoms with van der Waals surface area (Å²) in [6.45, 7) is 1.65. The Balaban J connectivity index is 1.81. The monoisotopic (exact) mass is 391 g/mol. The van der Waals surface area contributed by atoms with E-state index in [4.69, 9.17) is 11.6 Å². The van der Waals surface area contributed by atoms with E-state index in [0.29, 0.717) is 5.02 Å². The average molecular weight is 393 g/mol. The fourth-order valence-electron chi connectivity index (χ4n) is 3.29. The third-order valence-electron chi connectivity index (χ3n) is 4.28. The summed E-state index contributed by atoms with van der Waals surface area (Å²) in [7, 11) is 0. The number of fused-ring (bicyclic) bond motifs is 1. The van der Waals surface area contributed by atoms with Gasteiger partial charge >= 0.3 is 6.03 Å². The minimum Gasteiger partial charge on any atom is -0.271 e. The van der Waals surface area contributed by atoms with Gasteiger partial charge in [0.2, 0.25) is 0 Å². The molecule has 0 N–H and O–H groups in total. The summed E-state index contributed by atoms with van der Waals surface area (Å²) in [6.07, 6.45) is 0.874. The summed E-state index contributed by atoms with van der Waals surface area (Å²) in [5, 5.41) is 4.62. The van der Waals surface area contributed by atoms with Crippen LogP contribution in [-0.4, -0.2) is 29.1 Å². The van der Waals surface area contributed by atoms with Gasteiger partial charge in [0.05, 0.1) is 0 Å². The van der Waals surface area contributed by atoms with Gasteiger partial charge in [0.15, 0.2) is 0 Å². The van der Waals surface area contributed by atoms with Crippen LogP contribution in [0, 0.1) is 0 Å². The number of carbonyl (C=O) groups excluding carboxylic acids is 1. The molecule has 0 radical (unpaired) electrons. The number of carbonyl (C=O) groups is 1. The molecule has 1 atom stereocenters. The SMILES string of the molecule is O=C1N(c2cccc(Cl)c2)[C@H](c2ccc(Br)cc2)N2CCCN12. The van der Waals surface area contributed by atoms with E-state index in [9.17, 15) is 4.79 Å². The van der Waals surface area contributed by atoms with Crippen molar-refractivity contribution in [3.05, 3.63) is 63.6 Å². The summed E-state index contributed by atoms with van der Waals surface area (Å²) in [6, 6.07) is 15.6. The Bertz CT molecular complexity index is 752. The Labute approximate surface area is 148 Å². The minimum atomic E-state index is -0.128. The normalized spacial score (nSPS) is 21.1. The molecule has 0 saturated carbocycles. The fraction of sp³-hybridized carbons (Fsp3) is 0.235. The second-order valence-corrected chi connectivity index (χ2v) is 7.05. The molecule has 23 heavy (non-hydrogen) atoms. The number of urea groups is 1. The summed E-state index contributed by atoms with van der Waals surface area (Å²) >= 11 is 9.60. The first-order valence-corrected chi connectivity index (χ1v) is 8.70. The van der Waals surface area contributed by atoms with Crippen molar-refractivity contribution in [1.82, 2.24) is 10.0 Å². The van der Waals surface area contributed by atoms with Gasteiger partial charge in [0.1, 0.15) is 6.17 Å². The predicted octanol–water partition coefficient (Wildman–Crippen LogP) is 4.66. The molecule has 0 unspecified atom stereocenters. The first kappa shape index (κ1) is 15.0. The molecule has 2 heterocycles. The molecule has 4 nitrogen and oxygen atoms in total. The van der Waals surface area contributed by atoms with Gasteiger partial charge in [-0.25, -0.2) is 4.79 Å². The molecule has 2 aliphatic rings. The number of hydrogen-bond donors (Lipinski definition) is 0. The Hall–Kier alpha value is -1.56. The molecule has 0 bridgehead atoms. The molecule has 2 aliphatic heterocycles. The summed E-state index contributed by atoms with van der Waals surface area (Å²) in [4.78, 5) is 14.7. The van der Waals surface area contributed by atoms with E-state index in [0.717, 1.165) is 35.2 Å². The molecule has 4 rings (SSSR count). The minimum absolute atomic E-state index is 0.0117. The van der Waals surface area contributed by atoms with E-state index in [1.807, 2.05) is 46.3 Å². The van der Waals surface area contributed by atoms with Gasteiger partial charge in [-0.3, -0.25) is 9.91 Å². The zero-order valence-corrected chi connectivity index (χ0v) is 14.7. The highest BCUT2D eigenvalue weighted by Gasteiger charge is 2.47. The van der Waals surface area contributed by atoms with Gasteiger partial charge in [-0.05, 0) is 42.3 Å². The Morgan fingerprint density at radius 1 is 1.09 bits per heavy atom. The van der Waals surface area contributed by atoms with Crippen LogP contribution in [0.15, 0.2) is 53.0 Å². The Morgan fingerprint density at radius 3 is 2.61 bits per heavy atom. The van der Waals surface area contributed by atoms with Crippen molar-refractivity contribution in [2.45, 2.75) is 12.6 Å². The quantitative estimate of drug-likeness (QED) is 0.743. The number of rotatable bonds is 2. The van der Waals surface area contributed by atoms with E-state index in [1.165, 1.54) is 0 Å². The zero-order valence-electron chi connectivity index (χ0n) is 12.3. The molecule has 2 aromatic carbocycles. The average Bonchev–Trinajstić information content (AvgIpc) is 3.11. The van der Waals surface area contributed by atoms with Crippen LogP contribution >= 0.6 is 27.5 Å². The van der Waals surface area contributed by atoms with Crippen LogP contribution in [0.5, 0.6) is 0 Å². The topological polar surface area (TPSA) is 26.8 Å². The highest BCUT2D eigenvalue weighted by molar-refractivity contribution is 9.10. The van der Waals surface area contributed by atoms with Crippen LogP contribution in [0.1, 0.15) is 18.2 Å². The summed E-state index contributed by atoms with van der Waals surface area (Å²) in [5.74, 6) is 0. The molecule has 6 heteroatoms. The Morgan fingerprint density at radius 2 is 1.87 bits per heavy atom. The van der Waals surface area contributed by atoms with E-state index < -0.39 is 0 Å². The second kappa shape index (κ2) is 5.82. The van der Waals surface area contributed by atoms with E-state index in [2.05, 4.69) is 33.1 Å². The van der Waals surface area contributed by atoms with Crippen LogP contribution in [-0.2, 0) is 0 Å². The Kier molecular flexibility index (Phi) is 3.79. The number of anilines is 1. The third-order valence-corrected chi connectivity index (χ3v) is 5.04. The van der Waals surface area contributed by atoms with Gasteiger partial charge in [0, 0.05) is 28.3 Å². The van der Waals surface area contributed by atoms with Crippen LogP contribution in [0.4, 0.5) is 10.5 Å². The molecule has 0 spiro atoms. The number of amides is 2. The van der Waals surface area contributed by atoms with Crippen LogP contribution < -0.4 is 4.90 Å². The molecule has 2 amide bonds. The highest BCUT2D eigenvalue weighted by atomic mass is 79.9. The van der Waals surface area contributed by atoms with E-state index in [-0.39, 0.29) is 12.2 Å². The van der Waals surface area contributed by atoms with Crippen LogP contribution in [0.2, 0.25) is 5.02 Å². The van der Waals surface area contributed by atoms with Gasteiger partial charge < -0.3 is 0 Å². The number of halogens is 2. The largest absolute Gasteiger partial charge is 0.340 e. The molecular weight excluding hydrogens is 378 g/mol. The summed E-state index contributed by atoms with van der Waals surface area (Å²) in [5.41, 5.74) is 1.91. The van der Waals surface area contributed by atoms with E-state index in [1.54, 1.807) is 0 Å². The van der Waals surface area contributed by atoms with Gasteiger partial charge in [-0.15, -0.1) is 0 Å². The van der Waals surface area contributed by atoms with E-state index >= 15 is 0 Å². The lowest BCUT2D eigenvalue weighted by molar-refractivity contribution is 0.0728. The maximum Gasteiger partial charge on any atom is 0.340 e. The number of benzene rings is 2. The first-order chi connectivity index (χ1) is 11.1. The maximum absolute atomic E-state index is 12.9.